The van der Waals surface area contributed by atoms with Crippen LogP contribution in [0.3, 0.4) is 0 Å². The van der Waals surface area contributed by atoms with Crippen molar-refractivity contribution < 1.29 is 23.1 Å². The first-order valence-corrected chi connectivity index (χ1v) is 15.4. The summed E-state index contributed by atoms with van der Waals surface area (Å²) in [5, 5.41) is 12.2. The normalized spacial score (nSPS) is 21.8. The van der Waals surface area contributed by atoms with Crippen LogP contribution < -0.4 is 24.6 Å². The highest BCUT2D eigenvalue weighted by Crippen LogP contribution is 2.54. The summed E-state index contributed by atoms with van der Waals surface area (Å²) >= 11 is 0. The lowest BCUT2D eigenvalue weighted by atomic mass is 9.93. The molecule has 1 saturated carbocycles. The monoisotopic (exact) mass is 540 g/mol. The van der Waals surface area contributed by atoms with Crippen molar-refractivity contribution in [3.63, 3.8) is 0 Å². The molecule has 2 aromatic rings. The van der Waals surface area contributed by atoms with E-state index in [-0.39, 0.29) is 11.7 Å². The van der Waals surface area contributed by atoms with Crippen molar-refractivity contribution in [2.75, 3.05) is 58.4 Å². The Morgan fingerprint density at radius 2 is 1.87 bits per heavy atom. The molecule has 1 unspecified atom stereocenters. The number of fused-ring (bicyclic) bond motifs is 3. The molecule has 1 amide bonds. The minimum Gasteiger partial charge on any atom is -0.487 e. The maximum atomic E-state index is 13.7. The number of para-hydroxylation sites is 1. The molecule has 1 atom stereocenters. The molecule has 204 valence electrons. The molecule has 0 bridgehead atoms. The van der Waals surface area contributed by atoms with E-state index >= 15 is 0 Å². The van der Waals surface area contributed by atoms with Crippen molar-refractivity contribution in [1.82, 2.24) is 0 Å². The van der Waals surface area contributed by atoms with Gasteiger partial charge in [-0.3, -0.25) is 9.52 Å². The molecular formula is C28H36N4O5S. The van der Waals surface area contributed by atoms with Gasteiger partial charge in [0.15, 0.2) is 5.75 Å². The zero-order valence-corrected chi connectivity index (χ0v) is 22.4. The number of nitrogens with zero attached hydrogens (tertiary/aromatic N) is 2. The van der Waals surface area contributed by atoms with Crippen LogP contribution in [0.5, 0.6) is 5.75 Å². The number of nitrogens with one attached hydrogen (secondary N) is 2. The predicted molar refractivity (Wildman–Crippen MR) is 149 cm³/mol. The highest BCUT2D eigenvalue weighted by atomic mass is 32.2. The molecule has 3 heterocycles. The van der Waals surface area contributed by atoms with E-state index in [0.29, 0.717) is 46.4 Å². The van der Waals surface area contributed by atoms with E-state index in [1.54, 1.807) is 18.2 Å². The summed E-state index contributed by atoms with van der Waals surface area (Å²) in [4.78, 5) is 18.3. The molecule has 2 aromatic carbocycles. The number of aliphatic hydroxyl groups is 1. The van der Waals surface area contributed by atoms with Gasteiger partial charge in [-0.15, -0.1) is 0 Å². The highest BCUT2D eigenvalue weighted by molar-refractivity contribution is 7.92. The van der Waals surface area contributed by atoms with Gasteiger partial charge in [-0.2, -0.15) is 0 Å². The largest absolute Gasteiger partial charge is 0.487 e. The van der Waals surface area contributed by atoms with E-state index in [1.807, 2.05) is 12.1 Å². The number of ether oxygens (including phenoxy) is 1. The number of amides is 1. The number of hydrogen-bond acceptors (Lipinski definition) is 7. The average molecular weight is 541 g/mol. The number of hydrogen-bond donors (Lipinski definition) is 3. The Kier molecular flexibility index (Phi) is 6.63. The smallest absolute Gasteiger partial charge is 0.257 e. The molecule has 3 fully saturated rings. The lowest BCUT2D eigenvalue weighted by Crippen LogP contribution is -2.46. The van der Waals surface area contributed by atoms with Gasteiger partial charge in [0, 0.05) is 19.6 Å². The number of benzene rings is 2. The number of piperidine rings is 2. The van der Waals surface area contributed by atoms with Crippen LogP contribution in [0.2, 0.25) is 0 Å². The van der Waals surface area contributed by atoms with Crippen LogP contribution in [0.4, 0.5) is 22.7 Å². The summed E-state index contributed by atoms with van der Waals surface area (Å²) in [7, 11) is -3.68. The van der Waals surface area contributed by atoms with Crippen molar-refractivity contribution in [1.29, 1.82) is 0 Å². The summed E-state index contributed by atoms with van der Waals surface area (Å²) in [6, 6.07) is 11.3. The van der Waals surface area contributed by atoms with Gasteiger partial charge >= 0.3 is 0 Å². The topological polar surface area (TPSA) is 111 Å². The summed E-state index contributed by atoms with van der Waals surface area (Å²) in [5.74, 6) is 0.0742. The molecule has 6 rings (SSSR count). The van der Waals surface area contributed by atoms with Crippen molar-refractivity contribution in [3.05, 3.63) is 42.0 Å². The Hall–Kier alpha value is -2.98. The number of carbonyl (C=O) groups excluding carboxylic acids is 1. The highest BCUT2D eigenvalue weighted by Gasteiger charge is 2.44. The first kappa shape index (κ1) is 25.3. The lowest BCUT2D eigenvalue weighted by molar-refractivity contribution is 0.102. The SMILES string of the molecule is O=C(Nc1cccc2c1OCC1CCCCN21)c1ccc(NS(=O)(=O)CCO)cc1N1CCC2(CC1)CC2. The van der Waals surface area contributed by atoms with Crippen molar-refractivity contribution in [2.45, 2.75) is 51.0 Å². The van der Waals surface area contributed by atoms with Gasteiger partial charge in [0.2, 0.25) is 10.0 Å². The molecule has 3 N–H and O–H groups in total. The van der Waals surface area contributed by atoms with Gasteiger partial charge in [-0.25, -0.2) is 8.42 Å². The van der Waals surface area contributed by atoms with Crippen LogP contribution >= 0.6 is 0 Å². The fraction of sp³-hybridized carbons (Fsp3) is 0.536. The zero-order chi connectivity index (χ0) is 26.3. The molecule has 9 nitrogen and oxygen atoms in total. The summed E-state index contributed by atoms with van der Waals surface area (Å²) in [6.45, 7) is 2.80. The fourth-order valence-electron chi connectivity index (χ4n) is 6.16. The second kappa shape index (κ2) is 9.96. The van der Waals surface area contributed by atoms with E-state index in [9.17, 15) is 13.2 Å². The Morgan fingerprint density at radius 3 is 2.63 bits per heavy atom. The number of anilines is 4. The molecule has 10 heteroatoms. The van der Waals surface area contributed by atoms with E-state index < -0.39 is 16.6 Å². The van der Waals surface area contributed by atoms with Gasteiger partial charge in [0.1, 0.15) is 6.61 Å². The van der Waals surface area contributed by atoms with Gasteiger partial charge in [-0.1, -0.05) is 6.07 Å². The van der Waals surface area contributed by atoms with E-state index in [1.165, 1.54) is 19.3 Å². The first-order chi connectivity index (χ1) is 18.4. The minimum absolute atomic E-state index is 0.255. The Balaban J connectivity index is 1.28. The second-order valence-electron chi connectivity index (χ2n) is 11.1. The van der Waals surface area contributed by atoms with E-state index in [2.05, 4.69) is 25.9 Å². The Morgan fingerprint density at radius 1 is 1.05 bits per heavy atom. The predicted octanol–water partition coefficient (Wildman–Crippen LogP) is 3.80. The van der Waals surface area contributed by atoms with Gasteiger partial charge in [0.25, 0.3) is 5.91 Å². The Bertz CT molecular complexity index is 1320. The number of carbonyl (C=O) groups is 1. The second-order valence-corrected chi connectivity index (χ2v) is 13.0. The lowest BCUT2D eigenvalue weighted by Gasteiger charge is -2.42. The van der Waals surface area contributed by atoms with Crippen molar-refractivity contribution in [3.8, 4) is 5.75 Å². The van der Waals surface area contributed by atoms with E-state index in [0.717, 1.165) is 51.0 Å². The molecule has 0 aromatic heterocycles. The number of sulfonamides is 1. The fourth-order valence-corrected chi connectivity index (χ4v) is 6.99. The third-order valence-corrected chi connectivity index (χ3v) is 9.86. The standard InChI is InChI=1S/C28H36N4O5S/c33-16-17-38(35,36)30-20-7-8-22(25(18-20)31-14-11-28(9-10-28)12-15-31)27(34)29-23-5-3-6-24-26(23)37-19-21-4-1-2-13-32(21)24/h3,5-8,18,21,30,33H,1-2,4,9-17,19H2,(H,29,34). The average Bonchev–Trinajstić information content (AvgIpc) is 3.67. The molecule has 1 aliphatic carbocycles. The van der Waals surface area contributed by atoms with Crippen LogP contribution in [-0.2, 0) is 10.0 Å². The molecular weight excluding hydrogens is 504 g/mol. The maximum absolute atomic E-state index is 13.7. The summed E-state index contributed by atoms with van der Waals surface area (Å²) in [5.41, 5.74) is 3.72. The number of aliphatic hydroxyl groups excluding tert-OH is 1. The molecule has 4 aliphatic rings. The number of rotatable bonds is 7. The van der Waals surface area contributed by atoms with Crippen LogP contribution in [0.15, 0.2) is 36.4 Å². The third-order valence-electron chi connectivity index (χ3n) is 8.60. The first-order valence-electron chi connectivity index (χ1n) is 13.7. The maximum Gasteiger partial charge on any atom is 0.257 e. The summed E-state index contributed by atoms with van der Waals surface area (Å²) in [6.07, 6.45) is 8.17. The zero-order valence-electron chi connectivity index (χ0n) is 21.6. The molecule has 0 radical (unpaired) electrons. The van der Waals surface area contributed by atoms with Crippen molar-refractivity contribution >= 4 is 38.7 Å². The minimum atomic E-state index is -3.68. The van der Waals surface area contributed by atoms with Crippen molar-refractivity contribution in [2.24, 2.45) is 5.41 Å². The Labute approximate surface area is 224 Å². The van der Waals surface area contributed by atoms with Gasteiger partial charge < -0.3 is 25.0 Å². The quantitative estimate of drug-likeness (QED) is 0.490. The van der Waals surface area contributed by atoms with Crippen LogP contribution in [0.25, 0.3) is 0 Å². The molecule has 38 heavy (non-hydrogen) atoms. The van der Waals surface area contributed by atoms with E-state index in [4.69, 9.17) is 9.84 Å². The molecule has 3 aliphatic heterocycles. The van der Waals surface area contributed by atoms with Crippen LogP contribution in [0, 0.1) is 5.41 Å². The van der Waals surface area contributed by atoms with Gasteiger partial charge in [0.05, 0.1) is 46.7 Å². The molecule has 1 spiro atoms. The van der Waals surface area contributed by atoms with Crippen LogP contribution in [0.1, 0.15) is 55.3 Å². The third kappa shape index (κ3) is 5.03. The van der Waals surface area contributed by atoms with Gasteiger partial charge in [-0.05, 0) is 80.7 Å². The molecule has 2 saturated heterocycles. The summed E-state index contributed by atoms with van der Waals surface area (Å²) < 4.78 is 33.3. The van der Waals surface area contributed by atoms with Crippen LogP contribution in [-0.4, -0.2) is 64.1 Å².